The van der Waals surface area contributed by atoms with Crippen LogP contribution in [0.2, 0.25) is 5.35 Å². The molecule has 78 valence electrons. The maximum Gasteiger partial charge on any atom is 0.312 e. The van der Waals surface area contributed by atoms with Gasteiger partial charge in [-0.2, -0.15) is 0 Å². The highest BCUT2D eigenvalue weighted by Crippen LogP contribution is 2.30. The summed E-state index contributed by atoms with van der Waals surface area (Å²) in [6.45, 7) is 0. The smallest absolute Gasteiger partial charge is 0.312 e. The molecule has 0 unspecified atom stereocenters. The van der Waals surface area contributed by atoms with Crippen molar-refractivity contribution in [2.24, 2.45) is 0 Å². The molecule has 0 atom stereocenters. The average Bonchev–Trinajstić information content (AvgIpc) is 2.51. The molecule has 1 saturated carbocycles. The Bertz CT molecular complexity index is 279. The Hall–Kier alpha value is -0.570. The molecule has 0 radical (unpaired) electrons. The van der Waals surface area contributed by atoms with Crippen LogP contribution in [-0.4, -0.2) is 10.2 Å². The van der Waals surface area contributed by atoms with Crippen molar-refractivity contribution in [2.75, 3.05) is 0 Å². The van der Waals surface area contributed by atoms with E-state index in [2.05, 4.69) is 10.2 Å². The van der Waals surface area contributed by atoms with E-state index in [-0.39, 0.29) is 5.35 Å². The second-order valence-electron chi connectivity index (χ2n) is 3.94. The van der Waals surface area contributed by atoms with Crippen LogP contribution in [0, 0.1) is 0 Å². The Balaban J connectivity index is 2.00. The van der Waals surface area contributed by atoms with E-state index in [0.717, 1.165) is 5.89 Å². The summed E-state index contributed by atoms with van der Waals surface area (Å²) in [7, 11) is 0. The van der Waals surface area contributed by atoms with Gasteiger partial charge in [0.2, 0.25) is 5.89 Å². The van der Waals surface area contributed by atoms with Crippen LogP contribution < -0.4 is 0 Å². The van der Waals surface area contributed by atoms with Gasteiger partial charge in [-0.25, -0.2) is 0 Å². The number of halogens is 1. The number of nitrogens with zero attached hydrogens (tertiary/aromatic N) is 2. The van der Waals surface area contributed by atoms with Gasteiger partial charge in [-0.1, -0.05) is 37.2 Å². The van der Waals surface area contributed by atoms with Crippen LogP contribution in [0.1, 0.15) is 56.8 Å². The summed E-state index contributed by atoms with van der Waals surface area (Å²) in [6, 6.07) is 0. The Morgan fingerprint density at radius 1 is 1.00 bits per heavy atom. The summed E-state index contributed by atoms with van der Waals surface area (Å²) < 4.78 is 5.26. The minimum Gasteiger partial charge on any atom is -0.412 e. The summed E-state index contributed by atoms with van der Waals surface area (Å²) in [5.74, 6) is 1.17. The van der Waals surface area contributed by atoms with Gasteiger partial charge < -0.3 is 4.42 Å². The van der Waals surface area contributed by atoms with Gasteiger partial charge in [0.15, 0.2) is 0 Å². The van der Waals surface area contributed by atoms with E-state index >= 15 is 0 Å². The van der Waals surface area contributed by atoms with Gasteiger partial charge >= 0.3 is 5.35 Å². The lowest BCUT2D eigenvalue weighted by Gasteiger charge is -2.15. The highest BCUT2D eigenvalue weighted by molar-refractivity contribution is 6.27. The van der Waals surface area contributed by atoms with E-state index in [4.69, 9.17) is 16.0 Å². The van der Waals surface area contributed by atoms with E-state index < -0.39 is 0 Å². The molecule has 0 spiro atoms. The van der Waals surface area contributed by atoms with Gasteiger partial charge in [0.05, 0.1) is 0 Å². The van der Waals surface area contributed by atoms with E-state index in [9.17, 15) is 0 Å². The second kappa shape index (κ2) is 4.78. The van der Waals surface area contributed by atoms with E-state index in [1.54, 1.807) is 0 Å². The molecule has 1 aromatic rings. The third kappa shape index (κ3) is 2.47. The van der Waals surface area contributed by atoms with Crippen LogP contribution >= 0.6 is 11.6 Å². The van der Waals surface area contributed by atoms with Crippen molar-refractivity contribution in [1.29, 1.82) is 0 Å². The summed E-state index contributed by atoms with van der Waals surface area (Å²) >= 11 is 5.61. The molecular weight excluding hydrogens is 200 g/mol. The molecule has 0 bridgehead atoms. The molecule has 1 heterocycles. The van der Waals surface area contributed by atoms with Crippen LogP contribution in [-0.2, 0) is 0 Å². The van der Waals surface area contributed by atoms with Crippen molar-refractivity contribution < 1.29 is 4.42 Å². The van der Waals surface area contributed by atoms with Gasteiger partial charge in [0.1, 0.15) is 0 Å². The lowest BCUT2D eigenvalue weighted by atomic mass is 9.91. The quantitative estimate of drug-likeness (QED) is 0.718. The zero-order chi connectivity index (χ0) is 9.80. The minimum absolute atomic E-state index is 0.169. The molecular formula is C10H15ClN2O. The fraction of sp³-hybridized carbons (Fsp3) is 0.800. The normalized spacial score (nSPS) is 20.4. The standard InChI is InChI=1S/C10H15ClN2O/c11-10-13-12-9(14-10)8-6-4-2-1-3-5-7-8/h8H,1-7H2. The van der Waals surface area contributed by atoms with Crippen LogP contribution in [0.3, 0.4) is 0 Å². The highest BCUT2D eigenvalue weighted by Gasteiger charge is 2.18. The van der Waals surface area contributed by atoms with Crippen molar-refractivity contribution >= 4 is 11.6 Å². The van der Waals surface area contributed by atoms with Crippen LogP contribution in [0.15, 0.2) is 4.42 Å². The zero-order valence-corrected chi connectivity index (χ0v) is 8.96. The Morgan fingerprint density at radius 2 is 1.64 bits per heavy atom. The van der Waals surface area contributed by atoms with Gasteiger partial charge in [-0.05, 0) is 24.4 Å². The molecule has 1 fully saturated rings. The molecule has 4 heteroatoms. The van der Waals surface area contributed by atoms with Gasteiger partial charge in [-0.15, -0.1) is 5.10 Å². The fourth-order valence-electron chi connectivity index (χ4n) is 2.08. The second-order valence-corrected chi connectivity index (χ2v) is 4.26. The maximum absolute atomic E-state index is 5.61. The molecule has 1 aliphatic rings. The molecule has 0 saturated heterocycles. The van der Waals surface area contributed by atoms with E-state index in [0.29, 0.717) is 5.92 Å². The lowest BCUT2D eigenvalue weighted by Crippen LogP contribution is -2.02. The van der Waals surface area contributed by atoms with E-state index in [1.807, 2.05) is 0 Å². The molecule has 1 aliphatic carbocycles. The Morgan fingerprint density at radius 3 is 2.21 bits per heavy atom. The largest absolute Gasteiger partial charge is 0.412 e. The van der Waals surface area contributed by atoms with E-state index in [1.165, 1.54) is 44.9 Å². The van der Waals surface area contributed by atoms with Gasteiger partial charge in [0.25, 0.3) is 0 Å². The first-order chi connectivity index (χ1) is 6.86. The van der Waals surface area contributed by atoms with Crippen LogP contribution in [0.25, 0.3) is 0 Å². The van der Waals surface area contributed by atoms with Crippen LogP contribution in [0.5, 0.6) is 0 Å². The molecule has 2 rings (SSSR count). The number of rotatable bonds is 1. The molecule has 0 aromatic carbocycles. The third-order valence-electron chi connectivity index (χ3n) is 2.87. The Labute approximate surface area is 88.9 Å². The molecule has 0 aliphatic heterocycles. The first-order valence-corrected chi connectivity index (χ1v) is 5.73. The third-order valence-corrected chi connectivity index (χ3v) is 3.02. The molecule has 1 aromatic heterocycles. The Kier molecular flexibility index (Phi) is 3.40. The number of aromatic nitrogens is 2. The summed E-state index contributed by atoms with van der Waals surface area (Å²) in [5, 5.41) is 7.83. The predicted molar refractivity (Wildman–Crippen MR) is 54.4 cm³/mol. The van der Waals surface area contributed by atoms with Crippen LogP contribution in [0.4, 0.5) is 0 Å². The predicted octanol–water partition coefficient (Wildman–Crippen LogP) is 3.55. The minimum atomic E-state index is 0.169. The fourth-order valence-corrected chi connectivity index (χ4v) is 2.20. The first-order valence-electron chi connectivity index (χ1n) is 5.35. The van der Waals surface area contributed by atoms with Crippen molar-refractivity contribution in [3.63, 3.8) is 0 Å². The molecule has 0 N–H and O–H groups in total. The SMILES string of the molecule is Clc1nnc(C2CCCCCCC2)o1. The topological polar surface area (TPSA) is 38.9 Å². The van der Waals surface area contributed by atoms with Crippen molar-refractivity contribution in [2.45, 2.75) is 50.9 Å². The maximum atomic E-state index is 5.61. The summed E-state index contributed by atoms with van der Waals surface area (Å²) in [5.41, 5.74) is 0. The van der Waals surface area contributed by atoms with Gasteiger partial charge in [0, 0.05) is 5.92 Å². The summed E-state index contributed by atoms with van der Waals surface area (Å²) in [6.07, 6.45) is 8.90. The zero-order valence-electron chi connectivity index (χ0n) is 8.21. The number of hydrogen-bond donors (Lipinski definition) is 0. The molecule has 14 heavy (non-hydrogen) atoms. The van der Waals surface area contributed by atoms with Crippen molar-refractivity contribution in [1.82, 2.24) is 10.2 Å². The van der Waals surface area contributed by atoms with Gasteiger partial charge in [-0.3, -0.25) is 0 Å². The molecule has 3 nitrogen and oxygen atoms in total. The van der Waals surface area contributed by atoms with Crippen molar-refractivity contribution in [3.8, 4) is 0 Å². The average molecular weight is 215 g/mol. The summed E-state index contributed by atoms with van der Waals surface area (Å²) in [4.78, 5) is 0. The number of hydrogen-bond acceptors (Lipinski definition) is 3. The van der Waals surface area contributed by atoms with Crippen molar-refractivity contribution in [3.05, 3.63) is 11.2 Å². The lowest BCUT2D eigenvalue weighted by molar-refractivity contribution is 0.377. The first kappa shape index (κ1) is 9.97. The monoisotopic (exact) mass is 214 g/mol. The molecule has 0 amide bonds. The highest BCUT2D eigenvalue weighted by atomic mass is 35.5.